The van der Waals surface area contributed by atoms with Crippen LogP contribution >= 0.6 is 0 Å². The number of hydrogen-bond acceptors (Lipinski definition) is 5. The van der Waals surface area contributed by atoms with Gasteiger partial charge in [0.25, 0.3) is 0 Å². The monoisotopic (exact) mass is 251 g/mol. The van der Waals surface area contributed by atoms with Crippen LogP contribution < -0.4 is 11.0 Å². The highest BCUT2D eigenvalue weighted by atomic mass is 16.3. The third-order valence-corrected chi connectivity index (χ3v) is 3.19. The van der Waals surface area contributed by atoms with E-state index in [0.29, 0.717) is 30.9 Å². The zero-order chi connectivity index (χ0) is 13.2. The molecule has 0 aliphatic heterocycles. The highest BCUT2D eigenvalue weighted by Gasteiger charge is 2.21. The fourth-order valence-electron chi connectivity index (χ4n) is 1.65. The van der Waals surface area contributed by atoms with Gasteiger partial charge in [-0.05, 0) is 25.0 Å². The van der Waals surface area contributed by atoms with Crippen LogP contribution in [0, 0.1) is 0 Å². The lowest BCUT2D eigenvalue weighted by atomic mass is 9.98. The van der Waals surface area contributed by atoms with Crippen molar-refractivity contribution in [2.45, 2.75) is 32.3 Å². The molecule has 7 heteroatoms. The SMILES string of the molecule is CCC(O)(CC)CNc1ccc2n[nH]c(=O)n2n1. The topological polar surface area (TPSA) is 95.3 Å². The Hall–Kier alpha value is -1.89. The third kappa shape index (κ3) is 2.35. The Morgan fingerprint density at radius 2 is 2.17 bits per heavy atom. The van der Waals surface area contributed by atoms with Gasteiger partial charge in [-0.25, -0.2) is 9.89 Å². The average molecular weight is 251 g/mol. The lowest BCUT2D eigenvalue weighted by Gasteiger charge is -2.25. The van der Waals surface area contributed by atoms with Gasteiger partial charge in [0.2, 0.25) is 0 Å². The van der Waals surface area contributed by atoms with Crippen molar-refractivity contribution in [3.05, 3.63) is 22.6 Å². The minimum atomic E-state index is -0.752. The van der Waals surface area contributed by atoms with Crippen LogP contribution in [0.15, 0.2) is 16.9 Å². The van der Waals surface area contributed by atoms with Crippen molar-refractivity contribution in [3.63, 3.8) is 0 Å². The summed E-state index contributed by atoms with van der Waals surface area (Å²) in [5, 5.41) is 23.4. The number of nitrogens with zero attached hydrogens (tertiary/aromatic N) is 3. The predicted octanol–water partition coefficient (Wildman–Crippen LogP) is 0.381. The largest absolute Gasteiger partial charge is 0.388 e. The lowest BCUT2D eigenvalue weighted by Crippen LogP contribution is -2.35. The first kappa shape index (κ1) is 12.6. The van der Waals surface area contributed by atoms with Crippen molar-refractivity contribution < 1.29 is 5.11 Å². The van der Waals surface area contributed by atoms with Crippen LogP contribution in [-0.4, -0.2) is 37.1 Å². The molecule has 7 nitrogen and oxygen atoms in total. The molecule has 2 heterocycles. The second-order valence-electron chi connectivity index (χ2n) is 4.30. The molecule has 0 bridgehead atoms. The van der Waals surface area contributed by atoms with E-state index in [1.807, 2.05) is 13.8 Å². The van der Waals surface area contributed by atoms with Gasteiger partial charge in [0.05, 0.1) is 5.60 Å². The van der Waals surface area contributed by atoms with Crippen molar-refractivity contribution in [1.29, 1.82) is 0 Å². The summed E-state index contributed by atoms with van der Waals surface area (Å²) < 4.78 is 1.18. The first-order valence-electron chi connectivity index (χ1n) is 5.98. The maximum atomic E-state index is 11.3. The first-order valence-corrected chi connectivity index (χ1v) is 5.98. The molecule has 0 saturated heterocycles. The van der Waals surface area contributed by atoms with Gasteiger partial charge in [-0.2, -0.15) is 9.61 Å². The van der Waals surface area contributed by atoms with E-state index in [0.717, 1.165) is 0 Å². The lowest BCUT2D eigenvalue weighted by molar-refractivity contribution is 0.0456. The van der Waals surface area contributed by atoms with Crippen LogP contribution in [0.5, 0.6) is 0 Å². The van der Waals surface area contributed by atoms with Crippen LogP contribution in [0.2, 0.25) is 0 Å². The minimum absolute atomic E-state index is 0.380. The number of aromatic amines is 1. The van der Waals surface area contributed by atoms with Crippen molar-refractivity contribution in [1.82, 2.24) is 19.8 Å². The maximum Gasteiger partial charge on any atom is 0.364 e. The van der Waals surface area contributed by atoms with Crippen LogP contribution in [0.25, 0.3) is 5.65 Å². The molecule has 2 rings (SSSR count). The Balaban J connectivity index is 2.17. The molecule has 0 aliphatic rings. The van der Waals surface area contributed by atoms with Crippen molar-refractivity contribution in [2.24, 2.45) is 0 Å². The Morgan fingerprint density at radius 1 is 1.44 bits per heavy atom. The molecule has 0 unspecified atom stereocenters. The number of hydrogen-bond donors (Lipinski definition) is 3. The quantitative estimate of drug-likeness (QED) is 0.714. The molecule has 0 fully saturated rings. The molecule has 0 saturated carbocycles. The Kier molecular flexibility index (Phi) is 3.33. The summed E-state index contributed by atoms with van der Waals surface area (Å²) in [5.41, 5.74) is -0.667. The molecular formula is C11H17N5O2. The van der Waals surface area contributed by atoms with Gasteiger partial charge in [-0.15, -0.1) is 5.10 Å². The van der Waals surface area contributed by atoms with Crippen LogP contribution in [0.4, 0.5) is 5.82 Å². The number of anilines is 1. The summed E-state index contributed by atoms with van der Waals surface area (Å²) in [7, 11) is 0. The van der Waals surface area contributed by atoms with Crippen molar-refractivity contribution in [2.75, 3.05) is 11.9 Å². The fourth-order valence-corrected chi connectivity index (χ4v) is 1.65. The van der Waals surface area contributed by atoms with Gasteiger partial charge >= 0.3 is 5.69 Å². The summed E-state index contributed by atoms with van der Waals surface area (Å²) in [6, 6.07) is 3.41. The first-order chi connectivity index (χ1) is 8.58. The van der Waals surface area contributed by atoms with E-state index in [1.54, 1.807) is 12.1 Å². The molecule has 2 aromatic heterocycles. The molecule has 0 radical (unpaired) electrons. The third-order valence-electron chi connectivity index (χ3n) is 3.19. The summed E-state index contributed by atoms with van der Waals surface area (Å²) >= 11 is 0. The predicted molar refractivity (Wildman–Crippen MR) is 67.6 cm³/mol. The van der Waals surface area contributed by atoms with E-state index in [-0.39, 0.29) is 5.69 Å². The van der Waals surface area contributed by atoms with Crippen LogP contribution in [0.3, 0.4) is 0 Å². The highest BCUT2D eigenvalue weighted by molar-refractivity contribution is 5.43. The van der Waals surface area contributed by atoms with Gasteiger partial charge in [-0.3, -0.25) is 0 Å². The molecule has 18 heavy (non-hydrogen) atoms. The zero-order valence-electron chi connectivity index (χ0n) is 10.5. The number of aliphatic hydroxyl groups is 1. The smallest absolute Gasteiger partial charge is 0.364 e. The Bertz CT molecular complexity index is 584. The Morgan fingerprint density at radius 3 is 2.83 bits per heavy atom. The second kappa shape index (κ2) is 4.77. The van der Waals surface area contributed by atoms with E-state index >= 15 is 0 Å². The molecule has 0 aromatic carbocycles. The maximum absolute atomic E-state index is 11.3. The van der Waals surface area contributed by atoms with E-state index in [9.17, 15) is 9.90 Å². The number of H-pyrrole nitrogens is 1. The number of nitrogens with one attached hydrogen (secondary N) is 2. The standard InChI is InChI=1S/C11H17N5O2/c1-3-11(18,4-2)7-12-8-5-6-9-13-14-10(17)16(9)15-8/h5-6,18H,3-4,7H2,1-2H3,(H,12,15)(H,14,17). The van der Waals surface area contributed by atoms with Gasteiger partial charge in [0.1, 0.15) is 5.82 Å². The molecule has 2 aromatic rings. The van der Waals surface area contributed by atoms with E-state index in [4.69, 9.17) is 0 Å². The molecule has 0 atom stereocenters. The van der Waals surface area contributed by atoms with Crippen LogP contribution in [-0.2, 0) is 0 Å². The molecule has 98 valence electrons. The fraction of sp³-hybridized carbons (Fsp3) is 0.545. The van der Waals surface area contributed by atoms with Crippen molar-refractivity contribution in [3.8, 4) is 0 Å². The number of aromatic nitrogens is 4. The summed E-state index contributed by atoms with van der Waals surface area (Å²) in [6.45, 7) is 4.26. The molecule has 0 spiro atoms. The van der Waals surface area contributed by atoms with Gasteiger partial charge in [-0.1, -0.05) is 13.8 Å². The summed E-state index contributed by atoms with van der Waals surface area (Å²) in [4.78, 5) is 11.3. The zero-order valence-corrected chi connectivity index (χ0v) is 10.5. The highest BCUT2D eigenvalue weighted by Crippen LogP contribution is 2.15. The molecule has 3 N–H and O–H groups in total. The number of fused-ring (bicyclic) bond motifs is 1. The summed E-state index contributed by atoms with van der Waals surface area (Å²) in [5.74, 6) is 0.534. The van der Waals surface area contributed by atoms with Crippen LogP contribution in [0.1, 0.15) is 26.7 Å². The molecule has 0 aliphatic carbocycles. The van der Waals surface area contributed by atoms with Gasteiger partial charge in [0, 0.05) is 6.54 Å². The summed E-state index contributed by atoms with van der Waals surface area (Å²) in [6.07, 6.45) is 1.31. The molecular weight excluding hydrogens is 234 g/mol. The minimum Gasteiger partial charge on any atom is -0.388 e. The average Bonchev–Trinajstić information content (AvgIpc) is 2.77. The van der Waals surface area contributed by atoms with E-state index < -0.39 is 5.60 Å². The molecule has 0 amide bonds. The van der Waals surface area contributed by atoms with E-state index in [2.05, 4.69) is 20.6 Å². The Labute approximate surface area is 104 Å². The van der Waals surface area contributed by atoms with Gasteiger partial charge in [0.15, 0.2) is 5.65 Å². The van der Waals surface area contributed by atoms with E-state index in [1.165, 1.54) is 4.52 Å². The van der Waals surface area contributed by atoms with Crippen molar-refractivity contribution >= 4 is 11.5 Å². The second-order valence-corrected chi connectivity index (χ2v) is 4.30. The van der Waals surface area contributed by atoms with Gasteiger partial charge < -0.3 is 10.4 Å². The number of rotatable bonds is 5. The normalized spacial score (nSPS) is 11.9.